The Morgan fingerprint density at radius 1 is 1.22 bits per heavy atom. The third-order valence-electron chi connectivity index (χ3n) is 4.44. The van der Waals surface area contributed by atoms with Gasteiger partial charge in [-0.25, -0.2) is 4.79 Å². The van der Waals surface area contributed by atoms with Crippen molar-refractivity contribution in [3.8, 4) is 0 Å². The number of carboxylic acids is 1. The number of urea groups is 1. The number of hydrogen-bond acceptors (Lipinski definition) is 4. The van der Waals surface area contributed by atoms with Crippen LogP contribution in [0.1, 0.15) is 42.6 Å². The van der Waals surface area contributed by atoms with Crippen LogP contribution in [0.3, 0.4) is 0 Å². The highest BCUT2D eigenvalue weighted by molar-refractivity contribution is 5.98. The van der Waals surface area contributed by atoms with Crippen LogP contribution in [0, 0.1) is 6.92 Å². The van der Waals surface area contributed by atoms with Gasteiger partial charge in [-0.2, -0.15) is 0 Å². The molecule has 0 unspecified atom stereocenters. The molecule has 0 spiro atoms. The highest BCUT2D eigenvalue weighted by Crippen LogP contribution is 2.19. The summed E-state index contributed by atoms with van der Waals surface area (Å²) in [6.07, 6.45) is 0.278. The van der Waals surface area contributed by atoms with E-state index in [1.807, 2.05) is 6.92 Å². The van der Waals surface area contributed by atoms with Crippen LogP contribution < -0.4 is 10.6 Å². The highest BCUT2D eigenvalue weighted by Gasteiger charge is 2.23. The number of aliphatic carboxylic acids is 1. The maximum atomic E-state index is 12.7. The lowest BCUT2D eigenvalue weighted by Gasteiger charge is -2.28. The van der Waals surface area contributed by atoms with Crippen molar-refractivity contribution in [3.63, 3.8) is 0 Å². The van der Waals surface area contributed by atoms with Gasteiger partial charge in [-0.3, -0.25) is 9.59 Å². The van der Waals surface area contributed by atoms with Gasteiger partial charge < -0.3 is 25.4 Å². The lowest BCUT2D eigenvalue weighted by molar-refractivity contribution is -0.137. The molecule has 1 aromatic rings. The second-order valence-corrected chi connectivity index (χ2v) is 7.29. The fraction of sp³-hybridized carbons (Fsp3) is 0.526. The molecule has 1 heterocycles. The van der Waals surface area contributed by atoms with Crippen molar-refractivity contribution in [1.82, 2.24) is 10.2 Å². The van der Waals surface area contributed by atoms with Gasteiger partial charge >= 0.3 is 12.0 Å². The lowest BCUT2D eigenvalue weighted by Crippen LogP contribution is -2.45. The van der Waals surface area contributed by atoms with Gasteiger partial charge in [-0.15, -0.1) is 0 Å². The van der Waals surface area contributed by atoms with Crippen molar-refractivity contribution in [2.45, 2.75) is 39.2 Å². The van der Waals surface area contributed by atoms with Crippen molar-refractivity contribution in [3.05, 3.63) is 29.3 Å². The van der Waals surface area contributed by atoms with E-state index < -0.39 is 17.5 Å². The maximum Gasteiger partial charge on any atom is 0.319 e. The number of ether oxygens (including phenoxy) is 1. The van der Waals surface area contributed by atoms with E-state index in [0.717, 1.165) is 5.56 Å². The van der Waals surface area contributed by atoms with Crippen LogP contribution >= 0.6 is 0 Å². The Balaban J connectivity index is 2.03. The molecule has 0 radical (unpaired) electrons. The molecule has 1 saturated heterocycles. The van der Waals surface area contributed by atoms with Gasteiger partial charge in [0.05, 0.1) is 13.2 Å². The van der Waals surface area contributed by atoms with Gasteiger partial charge in [0.25, 0.3) is 5.91 Å². The topological polar surface area (TPSA) is 108 Å². The average molecular weight is 377 g/mol. The first-order valence-corrected chi connectivity index (χ1v) is 8.96. The molecule has 8 heteroatoms. The molecule has 2 rings (SSSR count). The minimum absolute atomic E-state index is 0.0317. The Hall–Kier alpha value is -2.61. The van der Waals surface area contributed by atoms with E-state index in [0.29, 0.717) is 44.0 Å². The number of amides is 3. The van der Waals surface area contributed by atoms with Crippen LogP contribution in [0.5, 0.6) is 0 Å². The van der Waals surface area contributed by atoms with Crippen molar-refractivity contribution in [1.29, 1.82) is 0 Å². The van der Waals surface area contributed by atoms with E-state index in [-0.39, 0.29) is 12.3 Å². The first-order chi connectivity index (χ1) is 12.7. The Morgan fingerprint density at radius 3 is 2.52 bits per heavy atom. The average Bonchev–Trinajstić information content (AvgIpc) is 2.61. The number of carboxylic acid groups (broad SMARTS) is 1. The molecule has 148 valence electrons. The number of benzene rings is 1. The van der Waals surface area contributed by atoms with Crippen molar-refractivity contribution in [2.75, 3.05) is 31.6 Å². The summed E-state index contributed by atoms with van der Waals surface area (Å²) in [5.74, 6) is -0.989. The molecule has 27 heavy (non-hydrogen) atoms. The Bertz CT molecular complexity index is 711. The predicted octanol–water partition coefficient (Wildman–Crippen LogP) is 2.23. The Kier molecular flexibility index (Phi) is 6.79. The normalized spacial score (nSPS) is 14.6. The second-order valence-electron chi connectivity index (χ2n) is 7.29. The summed E-state index contributed by atoms with van der Waals surface area (Å²) in [6.45, 7) is 7.53. The summed E-state index contributed by atoms with van der Waals surface area (Å²) in [5.41, 5.74) is 1.21. The van der Waals surface area contributed by atoms with Crippen LogP contribution in [0.25, 0.3) is 0 Å². The molecule has 0 aromatic heterocycles. The number of carbonyl (C=O) groups is 3. The number of aryl methyl sites for hydroxylation is 1. The largest absolute Gasteiger partial charge is 0.481 e. The summed E-state index contributed by atoms with van der Waals surface area (Å²) in [7, 11) is 0. The number of morpholine rings is 1. The third kappa shape index (κ3) is 6.25. The fourth-order valence-corrected chi connectivity index (χ4v) is 2.82. The smallest absolute Gasteiger partial charge is 0.319 e. The number of hydrogen-bond donors (Lipinski definition) is 3. The molecular weight excluding hydrogens is 350 g/mol. The lowest BCUT2D eigenvalue weighted by atomic mass is 9.99. The second kappa shape index (κ2) is 8.85. The molecule has 0 bridgehead atoms. The van der Waals surface area contributed by atoms with Crippen LogP contribution in [0.2, 0.25) is 0 Å². The van der Waals surface area contributed by atoms with Gasteiger partial charge in [-0.1, -0.05) is 6.07 Å². The zero-order chi connectivity index (χ0) is 20.0. The SMILES string of the molecule is Cc1ccc(NC(=O)NC(C)(C)CCC(=O)O)cc1C(=O)N1CCOCC1. The van der Waals surface area contributed by atoms with Crippen molar-refractivity contribution < 1.29 is 24.2 Å². The number of nitrogens with zero attached hydrogens (tertiary/aromatic N) is 1. The zero-order valence-electron chi connectivity index (χ0n) is 16.0. The molecule has 8 nitrogen and oxygen atoms in total. The van der Waals surface area contributed by atoms with E-state index in [4.69, 9.17) is 9.84 Å². The molecule has 3 amide bonds. The summed E-state index contributed by atoms with van der Waals surface area (Å²) in [6, 6.07) is 4.74. The predicted molar refractivity (Wildman–Crippen MR) is 101 cm³/mol. The maximum absolute atomic E-state index is 12.7. The molecule has 0 aliphatic carbocycles. The fourth-order valence-electron chi connectivity index (χ4n) is 2.82. The monoisotopic (exact) mass is 377 g/mol. The quantitative estimate of drug-likeness (QED) is 0.705. The van der Waals surface area contributed by atoms with E-state index in [1.165, 1.54) is 0 Å². The molecule has 0 saturated carbocycles. The zero-order valence-corrected chi connectivity index (χ0v) is 16.0. The minimum Gasteiger partial charge on any atom is -0.481 e. The van der Waals surface area contributed by atoms with E-state index in [9.17, 15) is 14.4 Å². The Morgan fingerprint density at radius 2 is 1.89 bits per heavy atom. The van der Waals surface area contributed by atoms with E-state index >= 15 is 0 Å². The summed E-state index contributed by atoms with van der Waals surface area (Å²) >= 11 is 0. The Labute approximate surface area is 158 Å². The van der Waals surface area contributed by atoms with Crippen LogP contribution in [-0.4, -0.2) is 59.8 Å². The molecule has 1 aromatic carbocycles. The van der Waals surface area contributed by atoms with Gasteiger partial charge in [0.15, 0.2) is 0 Å². The van der Waals surface area contributed by atoms with Gasteiger partial charge in [0, 0.05) is 36.3 Å². The molecule has 0 atom stereocenters. The van der Waals surface area contributed by atoms with Gasteiger partial charge in [-0.05, 0) is 44.9 Å². The highest BCUT2D eigenvalue weighted by atomic mass is 16.5. The molecular formula is C19H27N3O5. The first-order valence-electron chi connectivity index (χ1n) is 8.96. The van der Waals surface area contributed by atoms with Gasteiger partial charge in [0.2, 0.25) is 0 Å². The van der Waals surface area contributed by atoms with Crippen molar-refractivity contribution in [2.24, 2.45) is 0 Å². The molecule has 1 aliphatic heterocycles. The number of carbonyl (C=O) groups excluding carboxylic acids is 2. The summed E-state index contributed by atoms with van der Waals surface area (Å²) < 4.78 is 5.28. The molecule has 1 fully saturated rings. The molecule has 3 N–H and O–H groups in total. The molecule has 1 aliphatic rings. The summed E-state index contributed by atoms with van der Waals surface area (Å²) in [4.78, 5) is 37.4. The van der Waals surface area contributed by atoms with Crippen LogP contribution in [0.15, 0.2) is 18.2 Å². The summed E-state index contributed by atoms with van der Waals surface area (Å²) in [5, 5.41) is 14.3. The standard InChI is InChI=1S/C19H27N3O5/c1-13-4-5-14(12-15(13)17(25)22-8-10-27-11-9-22)20-18(26)21-19(2,3)7-6-16(23)24/h4-5,12H,6-11H2,1-3H3,(H,23,24)(H2,20,21,26). The third-order valence-corrected chi connectivity index (χ3v) is 4.44. The first kappa shape index (κ1) is 20.7. The van der Waals surface area contributed by atoms with Crippen LogP contribution in [0.4, 0.5) is 10.5 Å². The van der Waals surface area contributed by atoms with E-state index in [1.54, 1.807) is 36.9 Å². The van der Waals surface area contributed by atoms with Gasteiger partial charge in [0.1, 0.15) is 0 Å². The number of rotatable bonds is 6. The number of nitrogens with one attached hydrogen (secondary N) is 2. The number of anilines is 1. The minimum atomic E-state index is -0.907. The van der Waals surface area contributed by atoms with Crippen molar-refractivity contribution >= 4 is 23.6 Å². The van der Waals surface area contributed by atoms with Crippen LogP contribution in [-0.2, 0) is 9.53 Å². The van der Waals surface area contributed by atoms with E-state index in [2.05, 4.69) is 10.6 Å².